The Kier molecular flexibility index (Phi) is 7.96. The Balaban J connectivity index is 1.32. The van der Waals surface area contributed by atoms with Gasteiger partial charge in [0.15, 0.2) is 5.88 Å². The van der Waals surface area contributed by atoms with Crippen LogP contribution in [0, 0.1) is 5.92 Å². The molecule has 1 saturated heterocycles. The van der Waals surface area contributed by atoms with Crippen molar-refractivity contribution in [3.63, 3.8) is 0 Å². The first-order chi connectivity index (χ1) is 19.6. The largest absolute Gasteiger partial charge is 0.494 e. The van der Waals surface area contributed by atoms with E-state index in [4.69, 9.17) is 4.99 Å². The van der Waals surface area contributed by atoms with Crippen LogP contribution in [-0.2, 0) is 6.54 Å². The summed E-state index contributed by atoms with van der Waals surface area (Å²) < 4.78 is 0. The molecule has 0 atom stereocenters. The Morgan fingerprint density at radius 3 is 2.40 bits per heavy atom. The first-order valence-corrected chi connectivity index (χ1v) is 14.7. The number of rotatable bonds is 8. The van der Waals surface area contributed by atoms with Crippen LogP contribution in [0.2, 0.25) is 0 Å². The van der Waals surface area contributed by atoms with Crippen molar-refractivity contribution in [2.75, 3.05) is 19.6 Å². The van der Waals surface area contributed by atoms with Crippen molar-refractivity contribution in [3.05, 3.63) is 95.1 Å². The van der Waals surface area contributed by atoms with Crippen molar-refractivity contribution in [2.45, 2.75) is 51.5 Å². The van der Waals surface area contributed by atoms with Crippen molar-refractivity contribution in [2.24, 2.45) is 10.9 Å². The molecule has 0 radical (unpaired) electrons. The number of aromatic amines is 1. The number of aromatic nitrogens is 1. The van der Waals surface area contributed by atoms with E-state index in [1.54, 1.807) is 0 Å². The molecule has 2 fully saturated rings. The van der Waals surface area contributed by atoms with Crippen LogP contribution in [0.1, 0.15) is 72.0 Å². The number of hydrogen-bond acceptors (Lipinski definition) is 4. The first-order valence-electron chi connectivity index (χ1n) is 14.7. The summed E-state index contributed by atoms with van der Waals surface area (Å²) in [6.07, 6.45) is 8.73. The van der Waals surface area contributed by atoms with Crippen LogP contribution in [0.15, 0.2) is 77.8 Å². The van der Waals surface area contributed by atoms with E-state index >= 15 is 0 Å². The molecule has 1 aromatic heterocycles. The van der Waals surface area contributed by atoms with Crippen molar-refractivity contribution in [3.8, 4) is 5.88 Å². The molecule has 1 aliphatic carbocycles. The van der Waals surface area contributed by atoms with Crippen LogP contribution < -0.4 is 5.32 Å². The van der Waals surface area contributed by atoms with Gasteiger partial charge < -0.3 is 15.4 Å². The van der Waals surface area contributed by atoms with Gasteiger partial charge in [-0.2, -0.15) is 0 Å². The van der Waals surface area contributed by atoms with Gasteiger partial charge >= 0.3 is 0 Å². The number of aromatic hydroxyl groups is 1. The number of likely N-dealkylation sites (tertiary alicyclic amines) is 1. The lowest BCUT2D eigenvalue weighted by atomic mass is 9.89. The monoisotopic (exact) mass is 534 g/mol. The molecule has 6 heteroatoms. The topological polar surface area (TPSA) is 80.7 Å². The summed E-state index contributed by atoms with van der Waals surface area (Å²) in [6, 6.07) is 23.8. The zero-order valence-corrected chi connectivity index (χ0v) is 23.0. The Labute approximate surface area is 236 Å². The number of carbonyl (C=O) groups excluding carboxylic acids is 1. The molecule has 1 aliphatic heterocycles. The molecule has 0 bridgehead atoms. The Morgan fingerprint density at radius 2 is 1.65 bits per heavy atom. The molecule has 2 heterocycles. The summed E-state index contributed by atoms with van der Waals surface area (Å²) in [7, 11) is 0. The molecule has 3 aromatic carbocycles. The SMILES string of the molecule is O=C(NCC1CCCCC1)c1ccc2[nH]c(O)c(C(=Nc3ccc(CN4CCCC4)cc3)c3ccccc3)c2c1. The maximum atomic E-state index is 13.1. The zero-order chi connectivity index (χ0) is 27.3. The maximum absolute atomic E-state index is 13.1. The third kappa shape index (κ3) is 5.97. The van der Waals surface area contributed by atoms with E-state index in [0.29, 0.717) is 29.3 Å². The Morgan fingerprint density at radius 1 is 0.900 bits per heavy atom. The lowest BCUT2D eigenvalue weighted by Gasteiger charge is -2.21. The van der Waals surface area contributed by atoms with Crippen LogP contribution in [0.5, 0.6) is 5.88 Å². The molecular weight excluding hydrogens is 496 g/mol. The second kappa shape index (κ2) is 12.1. The van der Waals surface area contributed by atoms with Crippen LogP contribution in [-0.4, -0.2) is 46.2 Å². The number of carbonyl (C=O) groups is 1. The quantitative estimate of drug-likeness (QED) is 0.214. The van der Waals surface area contributed by atoms with E-state index in [9.17, 15) is 9.90 Å². The van der Waals surface area contributed by atoms with E-state index in [1.165, 1.54) is 63.6 Å². The average molecular weight is 535 g/mol. The predicted octanol–water partition coefficient (Wildman–Crippen LogP) is 6.95. The Bertz CT molecular complexity index is 1480. The van der Waals surface area contributed by atoms with Crippen molar-refractivity contribution in [1.29, 1.82) is 0 Å². The number of aliphatic imine (C=N–C) groups is 1. The fraction of sp³-hybridized carbons (Fsp3) is 0.353. The molecule has 206 valence electrons. The summed E-state index contributed by atoms with van der Waals surface area (Å²) in [5, 5.41) is 15.0. The van der Waals surface area contributed by atoms with Gasteiger partial charge in [0.25, 0.3) is 5.91 Å². The number of benzene rings is 3. The molecule has 0 unspecified atom stereocenters. The minimum Gasteiger partial charge on any atom is -0.494 e. The van der Waals surface area contributed by atoms with Crippen molar-refractivity contribution < 1.29 is 9.90 Å². The lowest BCUT2D eigenvalue weighted by Crippen LogP contribution is -2.30. The highest BCUT2D eigenvalue weighted by Crippen LogP contribution is 2.32. The van der Waals surface area contributed by atoms with Gasteiger partial charge in [0.1, 0.15) is 0 Å². The lowest BCUT2D eigenvalue weighted by molar-refractivity contribution is 0.0943. The normalized spacial score (nSPS) is 16.9. The number of hydrogen-bond donors (Lipinski definition) is 3. The number of nitrogens with zero attached hydrogens (tertiary/aromatic N) is 2. The molecule has 3 N–H and O–H groups in total. The highest BCUT2D eigenvalue weighted by molar-refractivity contribution is 6.22. The number of fused-ring (bicyclic) bond motifs is 1. The average Bonchev–Trinajstić information content (AvgIpc) is 3.63. The molecule has 4 aromatic rings. The van der Waals surface area contributed by atoms with Gasteiger partial charge in [0.05, 0.1) is 17.0 Å². The highest BCUT2D eigenvalue weighted by Gasteiger charge is 2.21. The summed E-state index contributed by atoms with van der Waals surface area (Å²) in [4.78, 5) is 23.8. The first kappa shape index (κ1) is 26.3. The maximum Gasteiger partial charge on any atom is 0.251 e. The smallest absolute Gasteiger partial charge is 0.251 e. The van der Waals surface area contributed by atoms with Crippen LogP contribution in [0.4, 0.5) is 5.69 Å². The van der Waals surface area contributed by atoms with Gasteiger partial charge in [-0.15, -0.1) is 0 Å². The van der Waals surface area contributed by atoms with Gasteiger partial charge in [-0.3, -0.25) is 9.69 Å². The van der Waals surface area contributed by atoms with E-state index in [-0.39, 0.29) is 11.8 Å². The molecule has 40 heavy (non-hydrogen) atoms. The second-order valence-electron chi connectivity index (χ2n) is 11.3. The standard InChI is InChI=1S/C34H38N4O2/c39-33(35-22-24-9-3-1-4-10-24)27-15-18-30-29(21-27)31(34(40)37-30)32(26-11-5-2-6-12-26)36-28-16-13-25(14-17-28)23-38-19-7-8-20-38/h2,5-6,11-18,21,24,37,40H,1,3-4,7-10,19-20,22-23H2,(H,35,39). The Hall–Kier alpha value is -3.90. The molecule has 6 rings (SSSR count). The summed E-state index contributed by atoms with van der Waals surface area (Å²) in [5.74, 6) is 0.528. The third-order valence-electron chi connectivity index (χ3n) is 8.38. The highest BCUT2D eigenvalue weighted by atomic mass is 16.3. The van der Waals surface area contributed by atoms with Crippen molar-refractivity contribution in [1.82, 2.24) is 15.2 Å². The number of H-pyrrole nitrogens is 1. The summed E-state index contributed by atoms with van der Waals surface area (Å²) in [5.41, 5.74) is 5.61. The fourth-order valence-corrected chi connectivity index (χ4v) is 6.15. The molecule has 1 amide bonds. The van der Waals surface area contributed by atoms with E-state index in [0.717, 1.165) is 28.7 Å². The van der Waals surface area contributed by atoms with Crippen LogP contribution in [0.25, 0.3) is 10.9 Å². The second-order valence-corrected chi connectivity index (χ2v) is 11.3. The number of nitrogens with one attached hydrogen (secondary N) is 2. The third-order valence-corrected chi connectivity index (χ3v) is 8.38. The van der Waals surface area contributed by atoms with Crippen LogP contribution >= 0.6 is 0 Å². The number of amides is 1. The molecule has 2 aliphatic rings. The molecule has 6 nitrogen and oxygen atoms in total. The minimum absolute atomic E-state index is 0.0445. The minimum atomic E-state index is -0.0779. The van der Waals surface area contributed by atoms with Gasteiger partial charge in [0.2, 0.25) is 0 Å². The van der Waals surface area contributed by atoms with Crippen LogP contribution in [0.3, 0.4) is 0 Å². The van der Waals surface area contributed by atoms with Gasteiger partial charge in [0, 0.05) is 35.1 Å². The van der Waals surface area contributed by atoms with E-state index in [2.05, 4.69) is 27.3 Å². The molecular formula is C34H38N4O2. The van der Waals surface area contributed by atoms with E-state index in [1.807, 2.05) is 60.7 Å². The van der Waals surface area contributed by atoms with Gasteiger partial charge in [-0.25, -0.2) is 4.99 Å². The zero-order valence-electron chi connectivity index (χ0n) is 23.0. The summed E-state index contributed by atoms with van der Waals surface area (Å²) >= 11 is 0. The molecule has 1 saturated carbocycles. The van der Waals surface area contributed by atoms with Gasteiger partial charge in [-0.1, -0.05) is 61.7 Å². The molecule has 0 spiro atoms. The van der Waals surface area contributed by atoms with E-state index < -0.39 is 0 Å². The van der Waals surface area contributed by atoms with Gasteiger partial charge in [-0.05, 0) is 80.6 Å². The van der Waals surface area contributed by atoms with Crippen molar-refractivity contribution >= 4 is 28.2 Å². The fourth-order valence-electron chi connectivity index (χ4n) is 6.15. The predicted molar refractivity (Wildman–Crippen MR) is 162 cm³/mol. The summed E-state index contributed by atoms with van der Waals surface area (Å²) in [6.45, 7) is 4.01.